The van der Waals surface area contributed by atoms with E-state index >= 15 is 0 Å². The molecule has 0 amide bonds. The number of benzene rings is 1. The molecular weight excluding hydrogens is 172 g/mol. The molecular formula is C10H11ClO. The Hall–Kier alpha value is -0.530. The van der Waals surface area contributed by atoms with Gasteiger partial charge in [0, 0.05) is 6.42 Å². The predicted molar refractivity (Wildman–Crippen MR) is 49.5 cm³/mol. The Morgan fingerprint density at radius 1 is 1.50 bits per heavy atom. The number of halogens is 1. The summed E-state index contributed by atoms with van der Waals surface area (Å²) in [7, 11) is 0. The highest BCUT2D eigenvalue weighted by Gasteiger charge is 2.28. The van der Waals surface area contributed by atoms with Gasteiger partial charge in [-0.15, -0.1) is 11.6 Å². The van der Waals surface area contributed by atoms with E-state index in [1.54, 1.807) is 0 Å². The van der Waals surface area contributed by atoms with Gasteiger partial charge in [-0.05, 0) is 18.1 Å². The molecule has 1 aromatic carbocycles. The molecule has 0 aromatic heterocycles. The normalized spacial score (nSPS) is 27.2. The van der Waals surface area contributed by atoms with Gasteiger partial charge in [-0.1, -0.05) is 23.8 Å². The van der Waals surface area contributed by atoms with Crippen LogP contribution in [0.4, 0.5) is 0 Å². The van der Waals surface area contributed by atoms with Crippen molar-refractivity contribution < 1.29 is 5.11 Å². The van der Waals surface area contributed by atoms with Gasteiger partial charge in [0.1, 0.15) is 0 Å². The van der Waals surface area contributed by atoms with Crippen LogP contribution in [-0.4, -0.2) is 11.2 Å². The minimum atomic E-state index is -0.400. The number of fused-ring (bicyclic) bond motifs is 1. The molecule has 0 fully saturated rings. The van der Waals surface area contributed by atoms with E-state index < -0.39 is 6.10 Å². The van der Waals surface area contributed by atoms with E-state index in [9.17, 15) is 5.11 Å². The lowest BCUT2D eigenvalue weighted by Gasteiger charge is -2.05. The fourth-order valence-electron chi connectivity index (χ4n) is 1.72. The van der Waals surface area contributed by atoms with Crippen LogP contribution < -0.4 is 0 Å². The molecule has 0 heterocycles. The summed E-state index contributed by atoms with van der Waals surface area (Å²) in [5.74, 6) is 0. The number of aryl methyl sites for hydroxylation is 1. The zero-order valence-corrected chi connectivity index (χ0v) is 7.67. The van der Waals surface area contributed by atoms with Crippen LogP contribution in [0.15, 0.2) is 18.2 Å². The minimum absolute atomic E-state index is 0.208. The van der Waals surface area contributed by atoms with Gasteiger partial charge in [0.25, 0.3) is 0 Å². The molecule has 0 bridgehead atoms. The number of aliphatic hydroxyl groups excluding tert-OH is 1. The molecule has 2 atom stereocenters. The number of alkyl halides is 1. The van der Waals surface area contributed by atoms with Crippen molar-refractivity contribution >= 4 is 11.6 Å². The van der Waals surface area contributed by atoms with E-state index in [1.165, 1.54) is 11.1 Å². The van der Waals surface area contributed by atoms with Crippen molar-refractivity contribution in [1.29, 1.82) is 0 Å². The maximum atomic E-state index is 9.48. The topological polar surface area (TPSA) is 20.2 Å². The Balaban J connectivity index is 2.47. The fourth-order valence-corrected chi connectivity index (χ4v) is 2.02. The summed E-state index contributed by atoms with van der Waals surface area (Å²) < 4.78 is 0. The van der Waals surface area contributed by atoms with Crippen LogP contribution in [0.5, 0.6) is 0 Å². The van der Waals surface area contributed by atoms with Gasteiger partial charge in [-0.25, -0.2) is 0 Å². The van der Waals surface area contributed by atoms with Crippen molar-refractivity contribution in [3.8, 4) is 0 Å². The maximum Gasteiger partial charge on any atom is 0.0850 e. The summed E-state index contributed by atoms with van der Waals surface area (Å²) in [6.45, 7) is 2.05. The Labute approximate surface area is 77.0 Å². The average Bonchev–Trinajstić information content (AvgIpc) is 2.28. The van der Waals surface area contributed by atoms with Crippen LogP contribution in [-0.2, 0) is 6.42 Å². The van der Waals surface area contributed by atoms with E-state index in [-0.39, 0.29) is 5.38 Å². The van der Waals surface area contributed by atoms with Gasteiger partial charge in [0.05, 0.1) is 11.5 Å². The first-order chi connectivity index (χ1) is 5.68. The van der Waals surface area contributed by atoms with Gasteiger partial charge < -0.3 is 5.11 Å². The quantitative estimate of drug-likeness (QED) is 0.610. The van der Waals surface area contributed by atoms with Crippen molar-refractivity contribution in [2.24, 2.45) is 0 Å². The molecule has 0 saturated heterocycles. The highest BCUT2D eigenvalue weighted by atomic mass is 35.5. The first kappa shape index (κ1) is 8.09. The van der Waals surface area contributed by atoms with Crippen molar-refractivity contribution in [2.75, 3.05) is 0 Å². The molecule has 1 nitrogen and oxygen atoms in total. The molecule has 1 N–H and O–H groups in total. The molecule has 1 aromatic rings. The summed E-state index contributed by atoms with van der Waals surface area (Å²) in [5.41, 5.74) is 3.52. The second-order valence-electron chi connectivity index (χ2n) is 3.38. The Morgan fingerprint density at radius 2 is 2.25 bits per heavy atom. The number of aliphatic hydroxyl groups is 1. The average molecular weight is 183 g/mol. The van der Waals surface area contributed by atoms with Crippen LogP contribution in [0.1, 0.15) is 22.1 Å². The first-order valence-electron chi connectivity index (χ1n) is 4.10. The van der Waals surface area contributed by atoms with Crippen molar-refractivity contribution in [1.82, 2.24) is 0 Å². The molecule has 2 unspecified atom stereocenters. The highest BCUT2D eigenvalue weighted by Crippen LogP contribution is 2.36. The number of hydrogen-bond donors (Lipinski definition) is 1. The zero-order chi connectivity index (χ0) is 8.72. The van der Waals surface area contributed by atoms with Crippen LogP contribution in [0.3, 0.4) is 0 Å². The first-order valence-corrected chi connectivity index (χ1v) is 4.53. The Morgan fingerprint density at radius 3 is 3.00 bits per heavy atom. The molecule has 2 rings (SSSR count). The fraction of sp³-hybridized carbons (Fsp3) is 0.400. The molecule has 0 saturated carbocycles. The van der Waals surface area contributed by atoms with E-state index in [0.717, 1.165) is 5.56 Å². The SMILES string of the molecule is Cc1ccc2c(c1)CC(O)C2Cl. The second-order valence-corrected chi connectivity index (χ2v) is 3.85. The van der Waals surface area contributed by atoms with Gasteiger partial charge >= 0.3 is 0 Å². The summed E-state index contributed by atoms with van der Waals surface area (Å²) in [6.07, 6.45) is 0.300. The molecule has 2 heteroatoms. The monoisotopic (exact) mass is 182 g/mol. The lowest BCUT2D eigenvalue weighted by Crippen LogP contribution is -2.07. The van der Waals surface area contributed by atoms with Crippen molar-refractivity contribution in [3.05, 3.63) is 34.9 Å². The smallest absolute Gasteiger partial charge is 0.0850 e. The third-order valence-electron chi connectivity index (χ3n) is 2.36. The largest absolute Gasteiger partial charge is 0.391 e. The molecule has 12 heavy (non-hydrogen) atoms. The van der Waals surface area contributed by atoms with Gasteiger partial charge in [-0.3, -0.25) is 0 Å². The lowest BCUT2D eigenvalue weighted by molar-refractivity contribution is 0.182. The Bertz CT molecular complexity index is 309. The molecule has 64 valence electrons. The number of rotatable bonds is 0. The maximum absolute atomic E-state index is 9.48. The summed E-state index contributed by atoms with van der Waals surface area (Å²) in [6, 6.07) is 6.14. The third-order valence-corrected chi connectivity index (χ3v) is 2.89. The molecule has 0 spiro atoms. The van der Waals surface area contributed by atoms with E-state index in [4.69, 9.17) is 11.6 Å². The summed E-state index contributed by atoms with van der Waals surface area (Å²) in [5, 5.41) is 9.27. The molecule has 1 aliphatic rings. The summed E-state index contributed by atoms with van der Waals surface area (Å²) in [4.78, 5) is 0. The van der Waals surface area contributed by atoms with Crippen molar-refractivity contribution in [2.45, 2.75) is 24.8 Å². The van der Waals surface area contributed by atoms with Crippen LogP contribution in [0.2, 0.25) is 0 Å². The predicted octanol–water partition coefficient (Wildman–Crippen LogP) is 2.19. The minimum Gasteiger partial charge on any atom is -0.391 e. The van der Waals surface area contributed by atoms with Gasteiger partial charge in [0.15, 0.2) is 0 Å². The molecule has 1 aliphatic carbocycles. The van der Waals surface area contributed by atoms with E-state index in [1.807, 2.05) is 19.1 Å². The number of hydrogen-bond acceptors (Lipinski definition) is 1. The van der Waals surface area contributed by atoms with Crippen LogP contribution in [0, 0.1) is 6.92 Å². The molecule has 0 radical (unpaired) electrons. The molecule has 0 aliphatic heterocycles. The highest BCUT2D eigenvalue weighted by molar-refractivity contribution is 6.21. The van der Waals surface area contributed by atoms with Crippen LogP contribution >= 0.6 is 11.6 Å². The van der Waals surface area contributed by atoms with Crippen molar-refractivity contribution in [3.63, 3.8) is 0 Å². The van der Waals surface area contributed by atoms with E-state index in [2.05, 4.69) is 6.07 Å². The van der Waals surface area contributed by atoms with Crippen LogP contribution in [0.25, 0.3) is 0 Å². The third kappa shape index (κ3) is 1.13. The summed E-state index contributed by atoms with van der Waals surface area (Å²) >= 11 is 6.00. The zero-order valence-electron chi connectivity index (χ0n) is 6.92. The van der Waals surface area contributed by atoms with E-state index in [0.29, 0.717) is 6.42 Å². The second kappa shape index (κ2) is 2.75. The Kier molecular flexibility index (Phi) is 1.85. The van der Waals surface area contributed by atoms with Gasteiger partial charge in [-0.2, -0.15) is 0 Å². The lowest BCUT2D eigenvalue weighted by atomic mass is 10.1. The van der Waals surface area contributed by atoms with Gasteiger partial charge in [0.2, 0.25) is 0 Å². The standard InChI is InChI=1S/C10H11ClO/c1-6-2-3-8-7(4-6)5-9(12)10(8)11/h2-4,9-10,12H,5H2,1H3.